The number of nitrogens with zero attached hydrogens (tertiary/aromatic N) is 2. The molecule has 112 valence electrons. The molecule has 0 aromatic carbocycles. The van der Waals surface area contributed by atoms with Gasteiger partial charge in [-0.25, -0.2) is 0 Å². The molecule has 6 heteroatoms. The average Bonchev–Trinajstić information content (AvgIpc) is 2.95. The highest BCUT2D eigenvalue weighted by atomic mass is 16.5. The van der Waals surface area contributed by atoms with Crippen LogP contribution < -0.4 is 10.1 Å². The highest BCUT2D eigenvalue weighted by molar-refractivity contribution is 5.90. The fraction of sp³-hybridized carbons (Fsp3) is 0.533. The molecule has 0 aliphatic carbocycles. The van der Waals surface area contributed by atoms with E-state index >= 15 is 0 Å². The van der Waals surface area contributed by atoms with Gasteiger partial charge in [0.15, 0.2) is 0 Å². The molecule has 2 fully saturated rings. The van der Waals surface area contributed by atoms with E-state index in [1.807, 2.05) is 17.0 Å². The van der Waals surface area contributed by atoms with Crippen LogP contribution in [0.15, 0.2) is 24.5 Å². The molecule has 21 heavy (non-hydrogen) atoms. The topological polar surface area (TPSA) is 71.5 Å². The highest BCUT2D eigenvalue weighted by Gasteiger charge is 2.32. The zero-order chi connectivity index (χ0) is 14.7. The van der Waals surface area contributed by atoms with E-state index in [0.29, 0.717) is 25.9 Å². The summed E-state index contributed by atoms with van der Waals surface area (Å²) >= 11 is 0. The van der Waals surface area contributed by atoms with Crippen molar-refractivity contribution in [3.8, 4) is 5.75 Å². The van der Waals surface area contributed by atoms with E-state index in [1.54, 1.807) is 12.4 Å². The lowest BCUT2D eigenvalue weighted by Gasteiger charge is -2.33. The summed E-state index contributed by atoms with van der Waals surface area (Å²) in [6.45, 7) is 1.36. The summed E-state index contributed by atoms with van der Waals surface area (Å²) in [5.41, 5.74) is 0. The van der Waals surface area contributed by atoms with Gasteiger partial charge in [0, 0.05) is 44.7 Å². The Balaban J connectivity index is 1.49. The molecular weight excluding hydrogens is 270 g/mol. The Labute approximate surface area is 123 Å². The van der Waals surface area contributed by atoms with E-state index < -0.39 is 0 Å². The Morgan fingerprint density at radius 3 is 2.57 bits per heavy atom. The van der Waals surface area contributed by atoms with Crippen LogP contribution in [0.1, 0.15) is 25.7 Å². The number of aromatic nitrogens is 1. The van der Waals surface area contributed by atoms with Crippen LogP contribution in [0.2, 0.25) is 0 Å². The number of nitrogens with one attached hydrogen (secondary N) is 1. The molecule has 3 rings (SSSR count). The van der Waals surface area contributed by atoms with Gasteiger partial charge in [0.1, 0.15) is 17.9 Å². The lowest BCUT2D eigenvalue weighted by Crippen LogP contribution is -2.49. The smallest absolute Gasteiger partial charge is 0.245 e. The first-order valence-corrected chi connectivity index (χ1v) is 7.37. The number of ether oxygens (including phenoxy) is 1. The van der Waals surface area contributed by atoms with E-state index in [9.17, 15) is 9.59 Å². The second-order valence-corrected chi connectivity index (χ2v) is 5.48. The SMILES string of the molecule is O=C1CC[C@@H](C(=O)N2CCC(Oc3ccncc3)CC2)N1. The quantitative estimate of drug-likeness (QED) is 0.890. The second-order valence-electron chi connectivity index (χ2n) is 5.48. The first kappa shape index (κ1) is 13.9. The van der Waals surface area contributed by atoms with E-state index in [4.69, 9.17) is 4.74 Å². The predicted octanol–water partition coefficient (Wildman–Crippen LogP) is 0.730. The molecule has 6 nitrogen and oxygen atoms in total. The number of carbonyl (C=O) groups is 2. The normalized spacial score (nSPS) is 23.0. The van der Waals surface area contributed by atoms with Crippen molar-refractivity contribution < 1.29 is 14.3 Å². The number of likely N-dealkylation sites (tertiary alicyclic amines) is 1. The van der Waals surface area contributed by atoms with Crippen molar-refractivity contribution in [2.45, 2.75) is 37.8 Å². The number of carbonyl (C=O) groups excluding carboxylic acids is 2. The first-order chi connectivity index (χ1) is 10.2. The molecule has 2 aliphatic heterocycles. The van der Waals surface area contributed by atoms with Crippen LogP contribution in [0.3, 0.4) is 0 Å². The molecule has 3 heterocycles. The summed E-state index contributed by atoms with van der Waals surface area (Å²) in [5, 5.41) is 2.73. The van der Waals surface area contributed by atoms with E-state index in [0.717, 1.165) is 18.6 Å². The zero-order valence-corrected chi connectivity index (χ0v) is 11.8. The van der Waals surface area contributed by atoms with Crippen LogP contribution in [-0.4, -0.2) is 46.9 Å². The van der Waals surface area contributed by atoms with Crippen LogP contribution in [0, 0.1) is 0 Å². The lowest BCUT2D eigenvalue weighted by molar-refractivity contribution is -0.136. The van der Waals surface area contributed by atoms with Gasteiger partial charge in [-0.3, -0.25) is 14.6 Å². The average molecular weight is 289 g/mol. The predicted molar refractivity (Wildman–Crippen MR) is 75.6 cm³/mol. The fourth-order valence-electron chi connectivity index (χ4n) is 2.82. The van der Waals surface area contributed by atoms with Gasteiger partial charge in [-0.2, -0.15) is 0 Å². The van der Waals surface area contributed by atoms with Crippen molar-refractivity contribution in [1.29, 1.82) is 0 Å². The van der Waals surface area contributed by atoms with E-state index in [1.165, 1.54) is 0 Å². The molecular formula is C15H19N3O3. The van der Waals surface area contributed by atoms with Crippen molar-refractivity contribution >= 4 is 11.8 Å². The summed E-state index contributed by atoms with van der Waals surface area (Å²) < 4.78 is 5.88. The molecule has 0 spiro atoms. The van der Waals surface area contributed by atoms with Crippen molar-refractivity contribution in [3.63, 3.8) is 0 Å². The summed E-state index contributed by atoms with van der Waals surface area (Å²) in [7, 11) is 0. The molecule has 1 aromatic rings. The highest BCUT2D eigenvalue weighted by Crippen LogP contribution is 2.20. The molecule has 1 N–H and O–H groups in total. The van der Waals surface area contributed by atoms with Gasteiger partial charge in [-0.05, 0) is 18.6 Å². The summed E-state index contributed by atoms with van der Waals surface area (Å²) in [4.78, 5) is 29.3. The molecule has 2 saturated heterocycles. The molecule has 1 atom stereocenters. The lowest BCUT2D eigenvalue weighted by atomic mass is 10.1. The Kier molecular flexibility index (Phi) is 4.03. The molecule has 0 unspecified atom stereocenters. The van der Waals surface area contributed by atoms with Crippen molar-refractivity contribution in [3.05, 3.63) is 24.5 Å². The summed E-state index contributed by atoms with van der Waals surface area (Å²) in [6, 6.07) is 3.35. The zero-order valence-electron chi connectivity index (χ0n) is 11.8. The molecule has 0 bridgehead atoms. The number of piperidine rings is 1. The summed E-state index contributed by atoms with van der Waals surface area (Å²) in [6.07, 6.45) is 6.25. The third-order valence-corrected chi connectivity index (χ3v) is 4.00. The molecule has 0 radical (unpaired) electrons. The molecule has 0 saturated carbocycles. The number of hydrogen-bond acceptors (Lipinski definition) is 4. The van der Waals surface area contributed by atoms with Crippen LogP contribution in [0.4, 0.5) is 0 Å². The Morgan fingerprint density at radius 2 is 1.95 bits per heavy atom. The third-order valence-electron chi connectivity index (χ3n) is 4.00. The Hall–Kier alpha value is -2.11. The van der Waals surface area contributed by atoms with Gasteiger partial charge in [0.2, 0.25) is 11.8 Å². The Morgan fingerprint density at radius 1 is 1.24 bits per heavy atom. The maximum atomic E-state index is 12.3. The molecule has 1 aromatic heterocycles. The summed E-state index contributed by atoms with van der Waals surface area (Å²) in [5.74, 6) is 0.838. The van der Waals surface area contributed by atoms with Gasteiger partial charge >= 0.3 is 0 Å². The number of rotatable bonds is 3. The van der Waals surface area contributed by atoms with Crippen LogP contribution >= 0.6 is 0 Å². The molecule has 2 amide bonds. The minimum Gasteiger partial charge on any atom is -0.490 e. The van der Waals surface area contributed by atoms with E-state index in [2.05, 4.69) is 10.3 Å². The van der Waals surface area contributed by atoms with Gasteiger partial charge in [0.25, 0.3) is 0 Å². The fourth-order valence-corrected chi connectivity index (χ4v) is 2.82. The van der Waals surface area contributed by atoms with Gasteiger partial charge in [-0.15, -0.1) is 0 Å². The first-order valence-electron chi connectivity index (χ1n) is 7.37. The van der Waals surface area contributed by atoms with Gasteiger partial charge < -0.3 is 15.0 Å². The largest absolute Gasteiger partial charge is 0.490 e. The van der Waals surface area contributed by atoms with Gasteiger partial charge in [-0.1, -0.05) is 0 Å². The number of hydrogen-bond donors (Lipinski definition) is 1. The molecule has 2 aliphatic rings. The number of amides is 2. The van der Waals surface area contributed by atoms with Crippen LogP contribution in [-0.2, 0) is 9.59 Å². The van der Waals surface area contributed by atoms with Crippen LogP contribution in [0.5, 0.6) is 5.75 Å². The van der Waals surface area contributed by atoms with Crippen molar-refractivity contribution in [1.82, 2.24) is 15.2 Å². The second kappa shape index (κ2) is 6.11. The maximum absolute atomic E-state index is 12.3. The minimum absolute atomic E-state index is 0.0238. The Bertz CT molecular complexity index is 512. The minimum atomic E-state index is -0.324. The van der Waals surface area contributed by atoms with Gasteiger partial charge in [0.05, 0.1) is 0 Å². The van der Waals surface area contributed by atoms with Crippen molar-refractivity contribution in [2.24, 2.45) is 0 Å². The van der Waals surface area contributed by atoms with E-state index in [-0.39, 0.29) is 24.0 Å². The monoisotopic (exact) mass is 289 g/mol. The van der Waals surface area contributed by atoms with Crippen molar-refractivity contribution in [2.75, 3.05) is 13.1 Å². The van der Waals surface area contributed by atoms with Crippen LogP contribution in [0.25, 0.3) is 0 Å². The maximum Gasteiger partial charge on any atom is 0.245 e. The third kappa shape index (κ3) is 3.32. The number of pyridine rings is 1. The standard InChI is InChI=1S/C15H19N3O3/c19-14-2-1-13(17-14)15(20)18-9-5-12(6-10-18)21-11-3-7-16-8-4-11/h3-4,7-8,12-13H,1-2,5-6,9-10H2,(H,17,19)/t13-/m0/s1.